The predicted molar refractivity (Wildman–Crippen MR) is 110 cm³/mol. The molecule has 0 saturated heterocycles. The number of nitrogens with one attached hydrogen (secondary N) is 2. The fourth-order valence-corrected chi connectivity index (χ4v) is 3.66. The standard InChI is InChI=1S/C23H26N2O4/c1-14(2)17-6-4-5-15(3)20(17)25-22(27)23(9-10-23)21(26)24-12-16-7-8-18-19(11-16)29-13-28-18/h4-8,11,14H,9-10,12-13H2,1-3H3,(H,24,26)(H,25,27). The van der Waals surface area contributed by atoms with Crippen molar-refractivity contribution in [2.75, 3.05) is 12.1 Å². The van der Waals surface area contributed by atoms with Crippen molar-refractivity contribution in [1.82, 2.24) is 5.32 Å². The third-order valence-electron chi connectivity index (χ3n) is 5.67. The van der Waals surface area contributed by atoms with Gasteiger partial charge in [0, 0.05) is 12.2 Å². The number of hydrogen-bond acceptors (Lipinski definition) is 4. The van der Waals surface area contributed by atoms with Crippen LogP contribution in [0.1, 0.15) is 49.3 Å². The van der Waals surface area contributed by atoms with Crippen LogP contribution in [0.3, 0.4) is 0 Å². The Morgan fingerprint density at radius 1 is 1.07 bits per heavy atom. The van der Waals surface area contributed by atoms with E-state index in [1.807, 2.05) is 43.3 Å². The topological polar surface area (TPSA) is 76.7 Å². The average molecular weight is 394 g/mol. The first-order valence-electron chi connectivity index (χ1n) is 9.98. The molecule has 4 rings (SSSR count). The molecule has 2 aromatic rings. The van der Waals surface area contributed by atoms with Crippen molar-refractivity contribution in [1.29, 1.82) is 0 Å². The van der Waals surface area contributed by atoms with E-state index in [9.17, 15) is 9.59 Å². The highest BCUT2D eigenvalue weighted by Crippen LogP contribution is 2.47. The number of benzene rings is 2. The lowest BCUT2D eigenvalue weighted by molar-refractivity contribution is -0.134. The van der Waals surface area contributed by atoms with E-state index in [0.29, 0.717) is 30.9 Å². The van der Waals surface area contributed by atoms with Crippen LogP contribution in [0.4, 0.5) is 5.69 Å². The summed E-state index contributed by atoms with van der Waals surface area (Å²) < 4.78 is 10.7. The van der Waals surface area contributed by atoms with Crippen LogP contribution in [0.15, 0.2) is 36.4 Å². The molecule has 6 nitrogen and oxygen atoms in total. The number of hydrogen-bond donors (Lipinski definition) is 2. The molecule has 2 aliphatic rings. The summed E-state index contributed by atoms with van der Waals surface area (Å²) in [5.41, 5.74) is 2.82. The predicted octanol–water partition coefficient (Wildman–Crippen LogP) is 3.88. The lowest BCUT2D eigenvalue weighted by Gasteiger charge is -2.20. The van der Waals surface area contributed by atoms with Crippen molar-refractivity contribution in [3.8, 4) is 11.5 Å². The van der Waals surface area contributed by atoms with Gasteiger partial charge in [-0.15, -0.1) is 0 Å². The number of carbonyl (C=O) groups excluding carboxylic acids is 2. The Hall–Kier alpha value is -3.02. The molecule has 0 unspecified atom stereocenters. The van der Waals surface area contributed by atoms with Gasteiger partial charge in [0.1, 0.15) is 5.41 Å². The maximum Gasteiger partial charge on any atom is 0.240 e. The van der Waals surface area contributed by atoms with Gasteiger partial charge in [0.15, 0.2) is 11.5 Å². The molecule has 0 radical (unpaired) electrons. The van der Waals surface area contributed by atoms with E-state index in [1.54, 1.807) is 0 Å². The zero-order valence-corrected chi connectivity index (χ0v) is 17.0. The number of fused-ring (bicyclic) bond motifs is 1. The zero-order valence-electron chi connectivity index (χ0n) is 17.0. The molecule has 152 valence electrons. The zero-order chi connectivity index (χ0) is 20.6. The van der Waals surface area contributed by atoms with Crippen molar-refractivity contribution in [2.45, 2.75) is 46.1 Å². The van der Waals surface area contributed by atoms with Crippen molar-refractivity contribution in [3.05, 3.63) is 53.1 Å². The SMILES string of the molecule is Cc1cccc(C(C)C)c1NC(=O)C1(C(=O)NCc2ccc3c(c2)OCO3)CC1. The minimum absolute atomic E-state index is 0.214. The van der Waals surface area contributed by atoms with Gasteiger partial charge in [-0.3, -0.25) is 9.59 Å². The number of para-hydroxylation sites is 1. The number of carbonyl (C=O) groups is 2. The Morgan fingerprint density at radius 3 is 2.55 bits per heavy atom. The molecule has 2 aromatic carbocycles. The normalized spacial score (nSPS) is 15.9. The van der Waals surface area contributed by atoms with Crippen LogP contribution in [-0.4, -0.2) is 18.6 Å². The summed E-state index contributed by atoms with van der Waals surface area (Å²) in [6, 6.07) is 11.5. The quantitative estimate of drug-likeness (QED) is 0.729. The maximum atomic E-state index is 13.0. The molecular weight excluding hydrogens is 368 g/mol. The second-order valence-corrected chi connectivity index (χ2v) is 8.10. The number of anilines is 1. The molecule has 6 heteroatoms. The summed E-state index contributed by atoms with van der Waals surface area (Å²) in [5.74, 6) is 1.21. The highest BCUT2D eigenvalue weighted by molar-refractivity contribution is 6.13. The van der Waals surface area contributed by atoms with Gasteiger partial charge in [0.05, 0.1) is 0 Å². The molecular formula is C23H26N2O4. The molecule has 2 N–H and O–H groups in total. The first-order valence-corrected chi connectivity index (χ1v) is 9.98. The van der Waals surface area contributed by atoms with Gasteiger partial charge < -0.3 is 20.1 Å². The van der Waals surface area contributed by atoms with E-state index in [2.05, 4.69) is 24.5 Å². The maximum absolute atomic E-state index is 13.0. The Labute approximate surface area is 170 Å². The van der Waals surface area contributed by atoms with Gasteiger partial charge >= 0.3 is 0 Å². The van der Waals surface area contributed by atoms with E-state index in [-0.39, 0.29) is 24.5 Å². The molecule has 1 heterocycles. The number of rotatable bonds is 6. The fourth-order valence-electron chi connectivity index (χ4n) is 3.66. The number of aryl methyl sites for hydroxylation is 1. The fraction of sp³-hybridized carbons (Fsp3) is 0.391. The average Bonchev–Trinajstić information content (AvgIpc) is 3.39. The third kappa shape index (κ3) is 3.67. The van der Waals surface area contributed by atoms with E-state index >= 15 is 0 Å². The van der Waals surface area contributed by atoms with Gasteiger partial charge in [0.25, 0.3) is 0 Å². The summed E-state index contributed by atoms with van der Waals surface area (Å²) in [6.45, 7) is 6.71. The molecule has 2 amide bonds. The van der Waals surface area contributed by atoms with E-state index in [4.69, 9.17) is 9.47 Å². The first kappa shape index (κ1) is 19.3. The van der Waals surface area contributed by atoms with Crippen molar-refractivity contribution in [3.63, 3.8) is 0 Å². The van der Waals surface area contributed by atoms with Gasteiger partial charge in [-0.25, -0.2) is 0 Å². The van der Waals surface area contributed by atoms with Crippen molar-refractivity contribution < 1.29 is 19.1 Å². The molecule has 1 saturated carbocycles. The minimum atomic E-state index is -0.979. The molecule has 0 atom stereocenters. The van der Waals surface area contributed by atoms with E-state index in [0.717, 1.165) is 22.4 Å². The summed E-state index contributed by atoms with van der Waals surface area (Å²) >= 11 is 0. The van der Waals surface area contributed by atoms with E-state index in [1.165, 1.54) is 0 Å². The van der Waals surface area contributed by atoms with Crippen molar-refractivity contribution in [2.24, 2.45) is 5.41 Å². The van der Waals surface area contributed by atoms with Gasteiger partial charge in [-0.05, 0) is 54.5 Å². The van der Waals surface area contributed by atoms with Gasteiger partial charge in [0.2, 0.25) is 18.6 Å². The lowest BCUT2D eigenvalue weighted by atomic mass is 9.97. The van der Waals surface area contributed by atoms with Crippen LogP contribution in [0, 0.1) is 12.3 Å². The molecule has 1 fully saturated rings. The Kier molecular flexibility index (Phi) is 4.94. The molecule has 1 aliphatic heterocycles. The Balaban J connectivity index is 1.43. The molecule has 1 aliphatic carbocycles. The number of amides is 2. The van der Waals surface area contributed by atoms with Crippen LogP contribution >= 0.6 is 0 Å². The van der Waals surface area contributed by atoms with Crippen molar-refractivity contribution >= 4 is 17.5 Å². The molecule has 29 heavy (non-hydrogen) atoms. The summed E-state index contributed by atoms with van der Waals surface area (Å²) in [6.07, 6.45) is 1.13. The summed E-state index contributed by atoms with van der Waals surface area (Å²) in [5, 5.41) is 5.96. The second-order valence-electron chi connectivity index (χ2n) is 8.10. The number of ether oxygens (including phenoxy) is 2. The lowest BCUT2D eigenvalue weighted by Crippen LogP contribution is -2.40. The summed E-state index contributed by atoms with van der Waals surface area (Å²) in [4.78, 5) is 25.9. The van der Waals surface area contributed by atoms with Crippen LogP contribution in [-0.2, 0) is 16.1 Å². The van der Waals surface area contributed by atoms with Crippen LogP contribution < -0.4 is 20.1 Å². The minimum Gasteiger partial charge on any atom is -0.454 e. The van der Waals surface area contributed by atoms with E-state index < -0.39 is 5.41 Å². The summed E-state index contributed by atoms with van der Waals surface area (Å²) in [7, 11) is 0. The van der Waals surface area contributed by atoms with Gasteiger partial charge in [-0.1, -0.05) is 38.1 Å². The smallest absolute Gasteiger partial charge is 0.240 e. The highest BCUT2D eigenvalue weighted by Gasteiger charge is 2.56. The molecule has 0 bridgehead atoms. The van der Waals surface area contributed by atoms with Crippen LogP contribution in [0.2, 0.25) is 0 Å². The largest absolute Gasteiger partial charge is 0.454 e. The molecule has 0 spiro atoms. The Bertz CT molecular complexity index is 963. The second kappa shape index (κ2) is 7.43. The Morgan fingerprint density at radius 2 is 1.83 bits per heavy atom. The highest BCUT2D eigenvalue weighted by atomic mass is 16.7. The van der Waals surface area contributed by atoms with Crippen LogP contribution in [0.25, 0.3) is 0 Å². The van der Waals surface area contributed by atoms with Gasteiger partial charge in [-0.2, -0.15) is 0 Å². The monoisotopic (exact) mass is 394 g/mol. The third-order valence-corrected chi connectivity index (χ3v) is 5.67. The first-order chi connectivity index (χ1) is 13.9. The van der Waals surface area contributed by atoms with Crippen LogP contribution in [0.5, 0.6) is 11.5 Å². The molecule has 0 aromatic heterocycles.